The summed E-state index contributed by atoms with van der Waals surface area (Å²) in [6.07, 6.45) is 11.8. The second-order valence-corrected chi connectivity index (χ2v) is 6.64. The lowest BCUT2D eigenvalue weighted by Gasteiger charge is -2.39. The van der Waals surface area contributed by atoms with Crippen LogP contribution in [-0.2, 0) is 0 Å². The molecule has 0 amide bonds. The number of benzene rings is 1. The molecular weight excluding hydrogens is 476 g/mol. The van der Waals surface area contributed by atoms with Crippen LogP contribution in [0.1, 0.15) is 0 Å². The SMILES string of the molecule is C=CC[N+](CC=C)(CC=C)c1cccc([N+](CC=C)(CC=C)CC=C)c1.[Br-].[Br-]. The molecule has 28 heavy (non-hydrogen) atoms. The molecule has 0 aliphatic rings. The van der Waals surface area contributed by atoms with Crippen molar-refractivity contribution in [2.75, 3.05) is 39.3 Å². The van der Waals surface area contributed by atoms with Crippen LogP contribution in [0.25, 0.3) is 0 Å². The normalized spacial score (nSPS) is 10.6. The van der Waals surface area contributed by atoms with Crippen molar-refractivity contribution in [3.63, 3.8) is 0 Å². The first-order valence-corrected chi connectivity index (χ1v) is 9.06. The monoisotopic (exact) mass is 508 g/mol. The molecule has 0 aliphatic carbocycles. The quantitative estimate of drug-likeness (QED) is 0.233. The molecule has 0 saturated heterocycles. The van der Waals surface area contributed by atoms with Crippen molar-refractivity contribution in [1.29, 1.82) is 0 Å². The Morgan fingerprint density at radius 3 is 1.00 bits per heavy atom. The van der Waals surface area contributed by atoms with Crippen molar-refractivity contribution in [3.8, 4) is 0 Å². The molecule has 1 aromatic rings. The Bertz CT molecular complexity index is 558. The summed E-state index contributed by atoms with van der Waals surface area (Å²) in [6.45, 7) is 28.8. The van der Waals surface area contributed by atoms with E-state index in [1.165, 1.54) is 11.4 Å². The Labute approximate surface area is 193 Å². The number of rotatable bonds is 14. The molecule has 154 valence electrons. The standard InChI is InChI=1S/C24H34N2.2BrH/c1-7-16-25(17-8-2,18-9-3)23-14-13-15-24(22-23)26(19-10-4,20-11-5)21-12-6;;/h7-15,22H,1-6,16-21H2;2*1H/q+2;;/p-2. The summed E-state index contributed by atoms with van der Waals surface area (Å²) in [5, 5.41) is 0. The molecule has 1 rings (SSSR count). The van der Waals surface area contributed by atoms with E-state index in [1.54, 1.807) is 0 Å². The van der Waals surface area contributed by atoms with Gasteiger partial charge in [0.25, 0.3) is 0 Å². The molecule has 0 spiro atoms. The number of halogens is 2. The van der Waals surface area contributed by atoms with Crippen LogP contribution in [0, 0.1) is 0 Å². The first-order valence-electron chi connectivity index (χ1n) is 9.06. The first-order chi connectivity index (χ1) is 12.6. The van der Waals surface area contributed by atoms with Crippen molar-refractivity contribution in [2.45, 2.75) is 0 Å². The summed E-state index contributed by atoms with van der Waals surface area (Å²) in [5.74, 6) is 0. The van der Waals surface area contributed by atoms with Gasteiger partial charge in [-0.2, -0.15) is 0 Å². The molecule has 2 nitrogen and oxygen atoms in total. The van der Waals surface area contributed by atoms with E-state index >= 15 is 0 Å². The first kappa shape index (κ1) is 28.7. The van der Waals surface area contributed by atoms with Gasteiger partial charge < -0.3 is 34.0 Å². The van der Waals surface area contributed by atoms with E-state index in [0.717, 1.165) is 48.2 Å². The van der Waals surface area contributed by atoms with Crippen molar-refractivity contribution >= 4 is 11.4 Å². The van der Waals surface area contributed by atoms with Gasteiger partial charge >= 0.3 is 0 Å². The van der Waals surface area contributed by atoms with E-state index < -0.39 is 0 Å². The Balaban J connectivity index is 0. The Kier molecular flexibility index (Phi) is 14.9. The second-order valence-electron chi connectivity index (χ2n) is 6.64. The van der Waals surface area contributed by atoms with E-state index in [0.29, 0.717) is 0 Å². The lowest BCUT2D eigenvalue weighted by Crippen LogP contribution is -3.00. The number of hydrogen-bond donors (Lipinski definition) is 0. The highest BCUT2D eigenvalue weighted by Crippen LogP contribution is 2.32. The summed E-state index contributed by atoms with van der Waals surface area (Å²) in [4.78, 5) is 0. The van der Waals surface area contributed by atoms with Crippen molar-refractivity contribution in [1.82, 2.24) is 8.97 Å². The van der Waals surface area contributed by atoms with Crippen LogP contribution in [0.3, 0.4) is 0 Å². The summed E-state index contributed by atoms with van der Waals surface area (Å²) in [5.41, 5.74) is 2.48. The van der Waals surface area contributed by atoms with Crippen LogP contribution < -0.4 is 42.9 Å². The smallest absolute Gasteiger partial charge is 0.139 e. The predicted octanol–water partition coefficient (Wildman–Crippen LogP) is -0.575. The molecule has 0 atom stereocenters. The van der Waals surface area contributed by atoms with Gasteiger partial charge in [0.05, 0.1) is 6.07 Å². The van der Waals surface area contributed by atoms with E-state index in [4.69, 9.17) is 0 Å². The molecule has 0 fully saturated rings. The van der Waals surface area contributed by atoms with Crippen molar-refractivity contribution in [3.05, 3.63) is 100 Å². The van der Waals surface area contributed by atoms with Crippen LogP contribution in [0.15, 0.2) is 100 Å². The number of nitrogens with zero attached hydrogens (tertiary/aromatic N) is 2. The van der Waals surface area contributed by atoms with E-state index in [-0.39, 0.29) is 34.0 Å². The predicted molar refractivity (Wildman–Crippen MR) is 120 cm³/mol. The number of hydrogen-bond acceptors (Lipinski definition) is 0. The zero-order valence-electron chi connectivity index (χ0n) is 16.9. The van der Waals surface area contributed by atoms with Crippen LogP contribution in [0.4, 0.5) is 11.4 Å². The Morgan fingerprint density at radius 1 is 0.536 bits per heavy atom. The van der Waals surface area contributed by atoms with Gasteiger partial charge in [-0.15, -0.1) is 0 Å². The van der Waals surface area contributed by atoms with Crippen LogP contribution in [0.5, 0.6) is 0 Å². The third kappa shape index (κ3) is 6.85. The molecule has 0 N–H and O–H groups in total. The molecule has 0 aromatic heterocycles. The van der Waals surface area contributed by atoms with Gasteiger partial charge in [-0.3, -0.25) is 8.97 Å². The average molecular weight is 510 g/mol. The highest BCUT2D eigenvalue weighted by molar-refractivity contribution is 5.57. The minimum absolute atomic E-state index is 0. The Morgan fingerprint density at radius 2 is 0.786 bits per heavy atom. The number of quaternary nitrogens is 2. The molecule has 0 aliphatic heterocycles. The second kappa shape index (κ2) is 14.5. The van der Waals surface area contributed by atoms with Crippen molar-refractivity contribution < 1.29 is 34.0 Å². The molecule has 0 radical (unpaired) electrons. The maximum atomic E-state index is 3.97. The van der Waals surface area contributed by atoms with Gasteiger partial charge in [-0.1, -0.05) is 45.5 Å². The molecule has 0 saturated carbocycles. The molecular formula is C24H34Br2N2. The summed E-state index contributed by atoms with van der Waals surface area (Å²) < 4.78 is 1.47. The van der Waals surface area contributed by atoms with E-state index in [2.05, 4.69) is 63.7 Å². The third-order valence-corrected chi connectivity index (χ3v) is 4.80. The van der Waals surface area contributed by atoms with Crippen LogP contribution in [0.2, 0.25) is 0 Å². The summed E-state index contributed by atoms with van der Waals surface area (Å²) >= 11 is 0. The van der Waals surface area contributed by atoms with E-state index in [1.807, 2.05) is 36.5 Å². The fourth-order valence-electron chi connectivity index (χ4n) is 3.65. The van der Waals surface area contributed by atoms with Crippen molar-refractivity contribution in [2.24, 2.45) is 0 Å². The van der Waals surface area contributed by atoms with Gasteiger partial charge in [0.2, 0.25) is 0 Å². The highest BCUT2D eigenvalue weighted by atomic mass is 79.9. The maximum absolute atomic E-state index is 3.97. The largest absolute Gasteiger partial charge is 1.00 e. The van der Waals surface area contributed by atoms with Gasteiger partial charge in [0, 0.05) is 0 Å². The lowest BCUT2D eigenvalue weighted by molar-refractivity contribution is -0.001000. The topological polar surface area (TPSA) is 0 Å². The zero-order valence-corrected chi connectivity index (χ0v) is 20.1. The zero-order chi connectivity index (χ0) is 19.5. The minimum atomic E-state index is 0. The van der Waals surface area contributed by atoms with Gasteiger partial charge in [0.1, 0.15) is 50.6 Å². The fraction of sp³-hybridized carbons (Fsp3) is 0.250. The van der Waals surface area contributed by atoms with Gasteiger partial charge in [-0.25, -0.2) is 0 Å². The molecule has 0 unspecified atom stereocenters. The van der Waals surface area contributed by atoms with Gasteiger partial charge in [-0.05, 0) is 48.6 Å². The lowest BCUT2D eigenvalue weighted by atomic mass is 10.1. The molecule has 0 heterocycles. The van der Waals surface area contributed by atoms with E-state index in [9.17, 15) is 0 Å². The minimum Gasteiger partial charge on any atom is -1.00 e. The molecule has 4 heteroatoms. The highest BCUT2D eigenvalue weighted by Gasteiger charge is 2.32. The fourth-order valence-corrected chi connectivity index (χ4v) is 3.65. The molecule has 1 aromatic carbocycles. The maximum Gasteiger partial charge on any atom is 0.139 e. The summed E-state index contributed by atoms with van der Waals surface area (Å²) in [7, 11) is 0. The van der Waals surface area contributed by atoms with Crippen LogP contribution in [-0.4, -0.2) is 39.3 Å². The van der Waals surface area contributed by atoms with Gasteiger partial charge in [0.15, 0.2) is 0 Å². The average Bonchev–Trinajstić information content (AvgIpc) is 2.63. The third-order valence-electron chi connectivity index (χ3n) is 4.80. The summed E-state index contributed by atoms with van der Waals surface area (Å²) in [6, 6.07) is 8.80. The Hall–Kier alpha value is -1.46. The molecule has 0 bridgehead atoms. The van der Waals surface area contributed by atoms with Crippen LogP contribution >= 0.6 is 0 Å².